The second-order valence-corrected chi connectivity index (χ2v) is 8.74. The summed E-state index contributed by atoms with van der Waals surface area (Å²) in [7, 11) is -2.58. The number of nitrogens with one attached hydrogen (secondary N) is 1. The molecule has 0 aliphatic heterocycles. The number of ether oxygens (including phenoxy) is 1. The average Bonchev–Trinajstić information content (AvgIpc) is 2.78. The molecule has 0 unspecified atom stereocenters. The fourth-order valence-corrected chi connectivity index (χ4v) is 4.70. The maximum Gasteiger partial charge on any atom is 0.264 e. The van der Waals surface area contributed by atoms with Crippen LogP contribution in [0.3, 0.4) is 0 Å². The predicted molar refractivity (Wildman–Crippen MR) is 117 cm³/mol. The number of nitrogens with zero attached hydrogens (tertiary/aromatic N) is 1. The van der Waals surface area contributed by atoms with Crippen LogP contribution < -0.4 is 14.6 Å². The molecule has 0 saturated heterocycles. The van der Waals surface area contributed by atoms with E-state index in [1.807, 2.05) is 12.1 Å². The number of methoxy groups -OCH3 is 1. The molecule has 0 spiro atoms. The molecule has 0 aliphatic carbocycles. The summed E-state index contributed by atoms with van der Waals surface area (Å²) < 4.78 is 46.5. The van der Waals surface area contributed by atoms with E-state index in [1.165, 1.54) is 19.2 Å². The lowest BCUT2D eigenvalue weighted by molar-refractivity contribution is 0.415. The van der Waals surface area contributed by atoms with Crippen molar-refractivity contribution in [3.05, 3.63) is 101 Å². The van der Waals surface area contributed by atoms with E-state index < -0.39 is 15.8 Å². The zero-order valence-electron chi connectivity index (χ0n) is 16.6. The third-order valence-corrected chi connectivity index (χ3v) is 6.69. The van der Waals surface area contributed by atoms with Gasteiger partial charge in [0.2, 0.25) is 0 Å². The van der Waals surface area contributed by atoms with E-state index in [4.69, 9.17) is 4.74 Å². The number of benzene rings is 3. The minimum atomic E-state index is -4.09. The molecule has 8 heteroatoms. The number of para-hydroxylation sites is 1. The molecule has 1 heterocycles. The topological polar surface area (TPSA) is 79.5 Å². The second kappa shape index (κ2) is 8.23. The first-order valence-electron chi connectivity index (χ1n) is 9.42. The largest absolute Gasteiger partial charge is 0.497 e. The van der Waals surface area contributed by atoms with Gasteiger partial charge in [-0.1, -0.05) is 18.2 Å². The van der Waals surface area contributed by atoms with Gasteiger partial charge in [0, 0.05) is 11.1 Å². The smallest absolute Gasteiger partial charge is 0.264 e. The molecule has 0 atom stereocenters. The highest BCUT2D eigenvalue weighted by atomic mass is 32.2. The molecule has 0 amide bonds. The zero-order valence-corrected chi connectivity index (χ0v) is 17.4. The van der Waals surface area contributed by atoms with E-state index in [-0.39, 0.29) is 22.6 Å². The number of hydrogen-bond donors (Lipinski definition) is 1. The van der Waals surface area contributed by atoms with Gasteiger partial charge in [-0.2, -0.15) is 0 Å². The number of pyridine rings is 1. The first-order valence-corrected chi connectivity index (χ1v) is 10.9. The van der Waals surface area contributed by atoms with E-state index in [0.29, 0.717) is 17.0 Å². The molecule has 1 N–H and O–H groups in total. The fraction of sp³-hybridized carbons (Fsp3) is 0.0870. The van der Waals surface area contributed by atoms with Crippen molar-refractivity contribution < 1.29 is 17.5 Å². The number of H-pyrrole nitrogens is 1. The van der Waals surface area contributed by atoms with Crippen LogP contribution in [-0.2, 0) is 16.6 Å². The quantitative estimate of drug-likeness (QED) is 0.492. The number of fused-ring (bicyclic) bond motifs is 1. The molecular formula is C23H19FN2O4S. The van der Waals surface area contributed by atoms with Crippen LogP contribution in [-0.4, -0.2) is 20.5 Å². The van der Waals surface area contributed by atoms with Crippen LogP contribution in [0.1, 0.15) is 5.56 Å². The highest BCUT2D eigenvalue weighted by Gasteiger charge is 2.26. The Balaban J connectivity index is 1.83. The van der Waals surface area contributed by atoms with Gasteiger partial charge >= 0.3 is 0 Å². The van der Waals surface area contributed by atoms with Crippen LogP contribution in [0.15, 0.2) is 88.6 Å². The van der Waals surface area contributed by atoms with E-state index in [1.54, 1.807) is 42.5 Å². The third kappa shape index (κ3) is 4.15. The number of aromatic nitrogens is 1. The molecule has 158 valence electrons. The molecule has 0 radical (unpaired) electrons. The first-order chi connectivity index (χ1) is 14.9. The maximum atomic E-state index is 13.4. The molecule has 31 heavy (non-hydrogen) atoms. The van der Waals surface area contributed by atoms with E-state index >= 15 is 0 Å². The number of sulfonamides is 1. The van der Waals surface area contributed by atoms with Crippen molar-refractivity contribution in [1.29, 1.82) is 0 Å². The molecule has 0 fully saturated rings. The van der Waals surface area contributed by atoms with Gasteiger partial charge in [-0.15, -0.1) is 0 Å². The highest BCUT2D eigenvalue weighted by Crippen LogP contribution is 2.28. The Morgan fingerprint density at radius 3 is 2.32 bits per heavy atom. The number of halogens is 1. The van der Waals surface area contributed by atoms with Gasteiger partial charge in [-0.25, -0.2) is 12.8 Å². The average molecular weight is 438 g/mol. The number of hydrogen-bond acceptors (Lipinski definition) is 4. The standard InChI is InChI=1S/C23H19FN2O4S/c1-30-20-10-8-19(9-11-20)26(31(28,29)21-12-6-18(24)7-13-21)15-17-14-16-4-2-3-5-22(16)25-23(17)27/h2-14H,15H2,1H3,(H,25,27). The Bertz CT molecular complexity index is 1380. The minimum Gasteiger partial charge on any atom is -0.497 e. The molecular weight excluding hydrogens is 419 g/mol. The van der Waals surface area contributed by atoms with Crippen LogP contribution in [0.4, 0.5) is 10.1 Å². The van der Waals surface area contributed by atoms with Crippen molar-refractivity contribution in [2.45, 2.75) is 11.4 Å². The highest BCUT2D eigenvalue weighted by molar-refractivity contribution is 7.92. The predicted octanol–water partition coefficient (Wildman–Crippen LogP) is 4.07. The Morgan fingerprint density at radius 2 is 1.65 bits per heavy atom. The van der Waals surface area contributed by atoms with E-state index in [9.17, 15) is 17.6 Å². The summed E-state index contributed by atoms with van der Waals surface area (Å²) in [6, 6.07) is 19.9. The normalized spacial score (nSPS) is 11.4. The molecule has 0 saturated carbocycles. The summed E-state index contributed by atoms with van der Waals surface area (Å²) in [5.41, 5.74) is 0.901. The Morgan fingerprint density at radius 1 is 0.968 bits per heavy atom. The SMILES string of the molecule is COc1ccc(N(Cc2cc3ccccc3[nH]c2=O)S(=O)(=O)c2ccc(F)cc2)cc1. The maximum absolute atomic E-state index is 13.4. The lowest BCUT2D eigenvalue weighted by Gasteiger charge is -2.24. The Labute approximate surface area is 178 Å². The summed E-state index contributed by atoms with van der Waals surface area (Å²) in [6.45, 7) is -0.202. The molecule has 0 bridgehead atoms. The minimum absolute atomic E-state index is 0.0815. The number of rotatable bonds is 6. The van der Waals surface area contributed by atoms with Gasteiger partial charge in [0.05, 0.1) is 24.2 Å². The third-order valence-electron chi connectivity index (χ3n) is 4.91. The molecule has 6 nitrogen and oxygen atoms in total. The lowest BCUT2D eigenvalue weighted by Crippen LogP contribution is -2.33. The van der Waals surface area contributed by atoms with E-state index in [2.05, 4.69) is 4.98 Å². The Kier molecular flexibility index (Phi) is 5.48. The fourth-order valence-electron chi connectivity index (χ4n) is 3.26. The van der Waals surface area contributed by atoms with Gasteiger partial charge in [0.15, 0.2) is 0 Å². The zero-order chi connectivity index (χ0) is 22.0. The Hall–Kier alpha value is -3.65. The van der Waals surface area contributed by atoms with Crippen molar-refractivity contribution in [3.63, 3.8) is 0 Å². The van der Waals surface area contributed by atoms with Crippen LogP contribution in [0.25, 0.3) is 10.9 Å². The van der Waals surface area contributed by atoms with Gasteiger partial charge in [0.1, 0.15) is 11.6 Å². The number of anilines is 1. The summed E-state index contributed by atoms with van der Waals surface area (Å²) in [5, 5.41) is 0.783. The summed E-state index contributed by atoms with van der Waals surface area (Å²) in [4.78, 5) is 15.4. The summed E-state index contributed by atoms with van der Waals surface area (Å²) in [5.74, 6) is 0.0207. The summed E-state index contributed by atoms with van der Waals surface area (Å²) in [6.07, 6.45) is 0. The van der Waals surface area contributed by atoms with Crippen molar-refractivity contribution in [3.8, 4) is 5.75 Å². The van der Waals surface area contributed by atoms with Crippen molar-refractivity contribution >= 4 is 26.6 Å². The van der Waals surface area contributed by atoms with Crippen molar-refractivity contribution in [2.24, 2.45) is 0 Å². The van der Waals surface area contributed by atoms with Crippen molar-refractivity contribution in [1.82, 2.24) is 4.98 Å². The molecule has 4 aromatic rings. The van der Waals surface area contributed by atoms with Gasteiger partial charge in [-0.05, 0) is 66.0 Å². The van der Waals surface area contributed by atoms with Crippen LogP contribution in [0.5, 0.6) is 5.75 Å². The van der Waals surface area contributed by atoms with Gasteiger partial charge < -0.3 is 9.72 Å². The summed E-state index contributed by atoms with van der Waals surface area (Å²) >= 11 is 0. The van der Waals surface area contributed by atoms with Crippen LogP contribution in [0.2, 0.25) is 0 Å². The van der Waals surface area contributed by atoms with Crippen LogP contribution in [0, 0.1) is 5.82 Å². The van der Waals surface area contributed by atoms with Gasteiger partial charge in [-0.3, -0.25) is 9.10 Å². The van der Waals surface area contributed by atoms with E-state index in [0.717, 1.165) is 21.8 Å². The monoisotopic (exact) mass is 438 g/mol. The molecule has 4 rings (SSSR count). The van der Waals surface area contributed by atoms with Crippen LogP contribution >= 0.6 is 0 Å². The number of aromatic amines is 1. The molecule has 1 aromatic heterocycles. The lowest BCUT2D eigenvalue weighted by atomic mass is 10.1. The molecule has 3 aromatic carbocycles. The molecule has 0 aliphatic rings. The second-order valence-electron chi connectivity index (χ2n) is 6.87. The van der Waals surface area contributed by atoms with Gasteiger partial charge in [0.25, 0.3) is 15.6 Å². The van der Waals surface area contributed by atoms with Crippen molar-refractivity contribution in [2.75, 3.05) is 11.4 Å². The first kappa shape index (κ1) is 20.6.